The van der Waals surface area contributed by atoms with Gasteiger partial charge in [-0.05, 0) is 18.9 Å². The Morgan fingerprint density at radius 3 is 2.55 bits per heavy atom. The molecule has 12 heteroatoms. The van der Waals surface area contributed by atoms with E-state index in [9.17, 15) is 18.0 Å². The molecule has 0 aliphatic carbocycles. The van der Waals surface area contributed by atoms with E-state index in [0.29, 0.717) is 37.9 Å². The van der Waals surface area contributed by atoms with Crippen LogP contribution >= 0.6 is 11.6 Å². The normalized spacial score (nSPS) is 15.3. The van der Waals surface area contributed by atoms with E-state index in [1.54, 1.807) is 0 Å². The fourth-order valence-corrected chi connectivity index (χ4v) is 3.24. The van der Waals surface area contributed by atoms with Crippen LogP contribution in [-0.4, -0.2) is 41.1 Å². The van der Waals surface area contributed by atoms with E-state index in [1.807, 2.05) is 4.90 Å². The molecule has 8 nitrogen and oxygen atoms in total. The van der Waals surface area contributed by atoms with Crippen LogP contribution in [0.5, 0.6) is 0 Å². The van der Waals surface area contributed by atoms with Crippen molar-refractivity contribution in [3.05, 3.63) is 29.2 Å². The molecular weight excluding hydrogens is 413 g/mol. The molecule has 0 aromatic carbocycles. The first-order valence-electron chi connectivity index (χ1n) is 8.63. The minimum atomic E-state index is -4.55. The lowest BCUT2D eigenvalue weighted by Gasteiger charge is -2.32. The van der Waals surface area contributed by atoms with Crippen LogP contribution in [0, 0.1) is 5.92 Å². The van der Waals surface area contributed by atoms with Crippen LogP contribution in [0.2, 0.25) is 5.02 Å². The van der Waals surface area contributed by atoms with E-state index in [1.165, 1.54) is 13.4 Å². The van der Waals surface area contributed by atoms with E-state index in [2.05, 4.69) is 20.3 Å². The quantitative estimate of drug-likeness (QED) is 0.712. The summed E-state index contributed by atoms with van der Waals surface area (Å²) in [5, 5.41) is 2.52. The van der Waals surface area contributed by atoms with Gasteiger partial charge in [-0.15, -0.1) is 0 Å². The molecule has 0 spiro atoms. The van der Waals surface area contributed by atoms with Crippen LogP contribution in [0.25, 0.3) is 0 Å². The molecule has 1 aliphatic heterocycles. The molecule has 1 saturated heterocycles. The highest BCUT2D eigenvalue weighted by molar-refractivity contribution is 6.33. The summed E-state index contributed by atoms with van der Waals surface area (Å²) in [5.74, 6) is 0.186. The summed E-state index contributed by atoms with van der Waals surface area (Å²) in [6, 6.07) is 0.771. The van der Waals surface area contributed by atoms with E-state index >= 15 is 0 Å². The number of nitrogens with one attached hydrogen (secondary N) is 1. The maximum Gasteiger partial charge on any atom is 0.417 e. The second-order valence-electron chi connectivity index (χ2n) is 6.42. The Morgan fingerprint density at radius 2 is 1.97 bits per heavy atom. The van der Waals surface area contributed by atoms with Crippen molar-refractivity contribution in [3.63, 3.8) is 0 Å². The number of nitrogens with zero attached hydrogens (tertiary/aromatic N) is 4. The van der Waals surface area contributed by atoms with Gasteiger partial charge in [0.2, 0.25) is 0 Å². The van der Waals surface area contributed by atoms with E-state index < -0.39 is 11.7 Å². The first kappa shape index (κ1) is 20.9. The van der Waals surface area contributed by atoms with Crippen LogP contribution in [-0.2, 0) is 15.7 Å². The Bertz CT molecular complexity index is 903. The highest BCUT2D eigenvalue weighted by Gasteiger charge is 2.32. The zero-order chi connectivity index (χ0) is 21.2. The molecule has 0 radical (unpaired) electrons. The first-order chi connectivity index (χ1) is 13.7. The average Bonchev–Trinajstić information content (AvgIpc) is 2.69. The molecule has 2 aromatic rings. The number of nitrogen functional groups attached to an aromatic ring is 1. The SMILES string of the molecule is COC(=O)C1CCN(c2ncnc(Nc3ncc(C(F)(F)F)cc3Cl)c2N)CC1. The second kappa shape index (κ2) is 8.27. The minimum absolute atomic E-state index is 0.0135. The largest absolute Gasteiger partial charge is 0.469 e. The Kier molecular flexibility index (Phi) is 5.96. The molecule has 3 N–H and O–H groups in total. The summed E-state index contributed by atoms with van der Waals surface area (Å²) in [6.07, 6.45) is -1.43. The number of halogens is 4. The van der Waals surface area contributed by atoms with Gasteiger partial charge in [0, 0.05) is 19.3 Å². The number of carbonyl (C=O) groups excluding carboxylic acids is 1. The number of pyridine rings is 1. The molecule has 0 atom stereocenters. The zero-order valence-electron chi connectivity index (χ0n) is 15.3. The summed E-state index contributed by atoms with van der Waals surface area (Å²) in [5.41, 5.74) is 5.40. The molecule has 3 rings (SSSR count). The number of rotatable bonds is 4. The van der Waals surface area contributed by atoms with Crippen molar-refractivity contribution in [2.24, 2.45) is 5.92 Å². The van der Waals surface area contributed by atoms with Gasteiger partial charge in [-0.3, -0.25) is 4.79 Å². The topological polar surface area (TPSA) is 106 Å². The molecule has 0 bridgehead atoms. The van der Waals surface area contributed by atoms with Gasteiger partial charge < -0.3 is 20.7 Å². The van der Waals surface area contributed by atoms with Gasteiger partial charge in [-0.1, -0.05) is 11.6 Å². The van der Waals surface area contributed by atoms with Crippen molar-refractivity contribution in [3.8, 4) is 0 Å². The Balaban J connectivity index is 1.77. The van der Waals surface area contributed by atoms with Gasteiger partial charge in [-0.25, -0.2) is 15.0 Å². The van der Waals surface area contributed by atoms with Crippen molar-refractivity contribution < 1.29 is 22.7 Å². The maximum atomic E-state index is 12.8. The lowest BCUT2D eigenvalue weighted by atomic mass is 9.97. The smallest absolute Gasteiger partial charge is 0.417 e. The summed E-state index contributed by atoms with van der Waals surface area (Å²) in [4.78, 5) is 25.5. The standard InChI is InChI=1S/C17H18ClF3N6O2/c1-29-16(28)9-2-4-27(5-3-9)15-12(22)14(24-8-25-15)26-13-11(18)6-10(7-23-13)17(19,20)21/h6-9H,2-5,22H2,1H3,(H,23,24,25,26). The van der Waals surface area contributed by atoms with Crippen LogP contribution in [0.15, 0.2) is 18.6 Å². The van der Waals surface area contributed by atoms with Gasteiger partial charge in [0.05, 0.1) is 23.6 Å². The van der Waals surface area contributed by atoms with Crippen molar-refractivity contribution >= 4 is 40.7 Å². The molecule has 2 aromatic heterocycles. The molecule has 1 aliphatic rings. The predicted molar refractivity (Wildman–Crippen MR) is 101 cm³/mol. The molecule has 0 unspecified atom stereocenters. The lowest BCUT2D eigenvalue weighted by molar-refractivity contribution is -0.146. The van der Waals surface area contributed by atoms with Crippen LogP contribution in [0.4, 0.5) is 36.3 Å². The molecule has 29 heavy (non-hydrogen) atoms. The number of ether oxygens (including phenoxy) is 1. The maximum absolute atomic E-state index is 12.8. The molecule has 0 saturated carbocycles. The van der Waals surface area contributed by atoms with Gasteiger partial charge in [-0.2, -0.15) is 13.2 Å². The van der Waals surface area contributed by atoms with Crippen molar-refractivity contribution in [2.75, 3.05) is 36.1 Å². The van der Waals surface area contributed by atoms with E-state index in [-0.39, 0.29) is 34.2 Å². The van der Waals surface area contributed by atoms with Gasteiger partial charge in [0.15, 0.2) is 11.6 Å². The second-order valence-corrected chi connectivity index (χ2v) is 6.83. The van der Waals surface area contributed by atoms with Gasteiger partial charge in [0.1, 0.15) is 17.8 Å². The van der Waals surface area contributed by atoms with Crippen molar-refractivity contribution in [1.29, 1.82) is 0 Å². The molecule has 3 heterocycles. The minimum Gasteiger partial charge on any atom is -0.469 e. The monoisotopic (exact) mass is 430 g/mol. The van der Waals surface area contributed by atoms with Crippen molar-refractivity contribution in [2.45, 2.75) is 19.0 Å². The van der Waals surface area contributed by atoms with Crippen molar-refractivity contribution in [1.82, 2.24) is 15.0 Å². The number of methoxy groups -OCH3 is 1. The lowest BCUT2D eigenvalue weighted by Crippen LogP contribution is -2.37. The number of alkyl halides is 3. The predicted octanol–water partition coefficient (Wildman–Crippen LogP) is 3.26. The molecular formula is C17H18ClF3N6O2. The number of anilines is 4. The summed E-state index contributed by atoms with van der Waals surface area (Å²) >= 11 is 5.92. The molecule has 156 valence electrons. The number of nitrogens with two attached hydrogens (primary N) is 1. The summed E-state index contributed by atoms with van der Waals surface area (Å²) in [6.45, 7) is 1.08. The molecule has 0 amide bonds. The number of carbonyl (C=O) groups is 1. The Morgan fingerprint density at radius 1 is 1.28 bits per heavy atom. The third-order valence-corrected chi connectivity index (χ3v) is 4.89. The van der Waals surface area contributed by atoms with Crippen LogP contribution < -0.4 is 16.0 Å². The Labute approximate surface area is 169 Å². The number of aromatic nitrogens is 3. The fourth-order valence-electron chi connectivity index (χ4n) is 3.03. The Hall–Kier alpha value is -2.82. The van der Waals surface area contributed by atoms with E-state index in [4.69, 9.17) is 22.1 Å². The van der Waals surface area contributed by atoms with Gasteiger partial charge in [0.25, 0.3) is 0 Å². The highest BCUT2D eigenvalue weighted by Crippen LogP contribution is 2.35. The number of piperidine rings is 1. The van der Waals surface area contributed by atoms with Crippen LogP contribution in [0.1, 0.15) is 18.4 Å². The van der Waals surface area contributed by atoms with Crippen LogP contribution in [0.3, 0.4) is 0 Å². The summed E-state index contributed by atoms with van der Waals surface area (Å²) in [7, 11) is 1.36. The summed E-state index contributed by atoms with van der Waals surface area (Å²) < 4.78 is 43.0. The number of hydrogen-bond donors (Lipinski definition) is 2. The number of hydrogen-bond acceptors (Lipinski definition) is 8. The van der Waals surface area contributed by atoms with E-state index in [0.717, 1.165) is 6.07 Å². The number of esters is 1. The zero-order valence-corrected chi connectivity index (χ0v) is 16.1. The first-order valence-corrected chi connectivity index (χ1v) is 9.01. The molecule has 1 fully saturated rings. The third kappa shape index (κ3) is 4.61. The third-order valence-electron chi connectivity index (χ3n) is 4.60. The highest BCUT2D eigenvalue weighted by atomic mass is 35.5. The fraction of sp³-hybridized carbons (Fsp3) is 0.412. The van der Waals surface area contributed by atoms with Gasteiger partial charge >= 0.3 is 12.1 Å². The average molecular weight is 431 g/mol.